The van der Waals surface area contributed by atoms with E-state index < -0.39 is 0 Å². The molecule has 0 atom stereocenters. The van der Waals surface area contributed by atoms with Crippen molar-refractivity contribution in [1.82, 2.24) is 30.2 Å². The Balaban J connectivity index is 1.77. The van der Waals surface area contributed by atoms with Crippen LogP contribution in [0, 0.1) is 11.3 Å². The van der Waals surface area contributed by atoms with Gasteiger partial charge in [0.2, 0.25) is 5.82 Å². The second-order valence-corrected chi connectivity index (χ2v) is 4.52. The van der Waals surface area contributed by atoms with Gasteiger partial charge in [-0.15, -0.1) is 10.2 Å². The lowest BCUT2D eigenvalue weighted by Crippen LogP contribution is -1.93. The molecule has 8 heteroatoms. The molecule has 0 bridgehead atoms. The number of anilines is 1. The number of tetrazole rings is 1. The summed E-state index contributed by atoms with van der Waals surface area (Å²) in [6.45, 7) is 0. The van der Waals surface area contributed by atoms with Gasteiger partial charge in [-0.2, -0.15) is 10.5 Å². The summed E-state index contributed by atoms with van der Waals surface area (Å²) in [5.74, 6) is 0.251. The van der Waals surface area contributed by atoms with Crippen LogP contribution in [0.25, 0.3) is 16.8 Å². The molecule has 0 aliphatic heterocycles. The fourth-order valence-corrected chi connectivity index (χ4v) is 1.95. The lowest BCUT2D eigenvalue weighted by atomic mass is 10.1. The van der Waals surface area contributed by atoms with Crippen molar-refractivity contribution in [2.24, 2.45) is 7.05 Å². The molecular formula is C14H12N8. The van der Waals surface area contributed by atoms with E-state index >= 15 is 0 Å². The molecule has 3 rings (SSSR count). The van der Waals surface area contributed by atoms with Crippen LogP contribution in [0.15, 0.2) is 43.0 Å². The molecule has 0 aliphatic carbocycles. The zero-order valence-corrected chi connectivity index (χ0v) is 11.7. The van der Waals surface area contributed by atoms with Crippen LogP contribution >= 0.6 is 0 Å². The van der Waals surface area contributed by atoms with Gasteiger partial charge in [0.15, 0.2) is 0 Å². The van der Waals surface area contributed by atoms with Gasteiger partial charge in [0.25, 0.3) is 0 Å². The smallest absolute Gasteiger partial charge is 0.216 e. The Bertz CT molecular complexity index is 821. The molecule has 108 valence electrons. The molecule has 22 heavy (non-hydrogen) atoms. The first kappa shape index (κ1) is 13.5. The van der Waals surface area contributed by atoms with E-state index in [9.17, 15) is 0 Å². The number of H-pyrrole nitrogens is 1. The first-order chi connectivity index (χ1) is 10.8. The van der Waals surface area contributed by atoms with Crippen LogP contribution in [0.5, 0.6) is 0 Å². The minimum absolute atomic E-state index is 0.251. The van der Waals surface area contributed by atoms with E-state index in [0.717, 1.165) is 16.9 Å². The molecule has 8 nitrogen and oxygen atoms in total. The number of aryl methyl sites for hydroxylation is 1. The van der Waals surface area contributed by atoms with E-state index in [4.69, 9.17) is 5.26 Å². The molecule has 0 saturated heterocycles. The molecule has 0 saturated carbocycles. The number of nitrogens with zero attached hydrogens (tertiary/aromatic N) is 6. The standard InChI is InChI=1S/C14H12N8/c1-22-9-16-8-13(22)10-2-4-12(5-3-10)17-7-11(6-15)14-18-20-21-19-14/h2-5,7-9,17H,1H3,(H,18,19,20,21). The summed E-state index contributed by atoms with van der Waals surface area (Å²) in [6, 6.07) is 9.82. The average Bonchev–Trinajstić information content (AvgIpc) is 3.20. The molecule has 0 spiro atoms. The maximum absolute atomic E-state index is 9.09. The number of aromatic amines is 1. The van der Waals surface area contributed by atoms with Crippen molar-refractivity contribution in [3.8, 4) is 17.3 Å². The van der Waals surface area contributed by atoms with Gasteiger partial charge in [-0.25, -0.2) is 4.98 Å². The normalized spacial score (nSPS) is 11.2. The molecule has 0 aliphatic rings. The van der Waals surface area contributed by atoms with Gasteiger partial charge in [0.1, 0.15) is 11.6 Å². The van der Waals surface area contributed by atoms with E-state index in [1.807, 2.05) is 48.1 Å². The summed E-state index contributed by atoms with van der Waals surface area (Å²) in [5, 5.41) is 25.4. The van der Waals surface area contributed by atoms with Gasteiger partial charge in [-0.1, -0.05) is 12.1 Å². The van der Waals surface area contributed by atoms with Gasteiger partial charge >= 0.3 is 0 Å². The zero-order chi connectivity index (χ0) is 15.4. The predicted octanol–water partition coefficient (Wildman–Crippen LogP) is 1.58. The zero-order valence-electron chi connectivity index (χ0n) is 11.7. The lowest BCUT2D eigenvalue weighted by Gasteiger charge is -2.05. The molecule has 3 aromatic rings. The number of nitrogens with one attached hydrogen (secondary N) is 2. The van der Waals surface area contributed by atoms with Crippen molar-refractivity contribution >= 4 is 11.3 Å². The fraction of sp³-hybridized carbons (Fsp3) is 0.0714. The van der Waals surface area contributed by atoms with Gasteiger partial charge in [-0.3, -0.25) is 0 Å². The molecule has 1 aromatic carbocycles. The van der Waals surface area contributed by atoms with Crippen molar-refractivity contribution in [1.29, 1.82) is 5.26 Å². The number of hydrogen-bond donors (Lipinski definition) is 2. The van der Waals surface area contributed by atoms with Crippen LogP contribution < -0.4 is 5.32 Å². The third-order valence-corrected chi connectivity index (χ3v) is 3.09. The Morgan fingerprint density at radius 3 is 2.77 bits per heavy atom. The van der Waals surface area contributed by atoms with Crippen LogP contribution in [0.1, 0.15) is 5.82 Å². The third kappa shape index (κ3) is 2.69. The van der Waals surface area contributed by atoms with Gasteiger partial charge in [0.05, 0.1) is 18.2 Å². The second-order valence-electron chi connectivity index (χ2n) is 4.52. The number of imidazole rings is 1. The highest BCUT2D eigenvalue weighted by atomic mass is 15.5. The summed E-state index contributed by atoms with van der Waals surface area (Å²) < 4.78 is 1.95. The van der Waals surface area contributed by atoms with E-state index in [2.05, 4.69) is 30.9 Å². The highest BCUT2D eigenvalue weighted by Crippen LogP contribution is 2.20. The van der Waals surface area contributed by atoms with Crippen LogP contribution in [0.2, 0.25) is 0 Å². The van der Waals surface area contributed by atoms with Crippen LogP contribution in [0.4, 0.5) is 5.69 Å². The van der Waals surface area contributed by atoms with Crippen molar-refractivity contribution < 1.29 is 0 Å². The average molecular weight is 292 g/mol. The van der Waals surface area contributed by atoms with Gasteiger partial charge < -0.3 is 9.88 Å². The predicted molar refractivity (Wildman–Crippen MR) is 80.0 cm³/mol. The van der Waals surface area contributed by atoms with E-state index in [0.29, 0.717) is 5.57 Å². The molecule has 0 fully saturated rings. The van der Waals surface area contributed by atoms with Crippen molar-refractivity contribution in [3.63, 3.8) is 0 Å². The van der Waals surface area contributed by atoms with Gasteiger partial charge in [0, 0.05) is 18.9 Å². The number of allylic oxidation sites excluding steroid dienone is 1. The van der Waals surface area contributed by atoms with E-state index in [-0.39, 0.29) is 5.82 Å². The minimum atomic E-state index is 0.251. The Kier molecular flexibility index (Phi) is 3.61. The molecule has 0 unspecified atom stereocenters. The van der Waals surface area contributed by atoms with Crippen molar-refractivity contribution in [2.45, 2.75) is 0 Å². The summed E-state index contributed by atoms with van der Waals surface area (Å²) in [6.07, 6.45) is 5.12. The number of benzene rings is 1. The Labute approximate surface area is 126 Å². The Hall–Kier alpha value is -3.47. The summed E-state index contributed by atoms with van der Waals surface area (Å²) in [5.41, 5.74) is 3.24. The fourth-order valence-electron chi connectivity index (χ4n) is 1.95. The van der Waals surface area contributed by atoms with Crippen molar-refractivity contribution in [2.75, 3.05) is 5.32 Å². The van der Waals surface area contributed by atoms with Gasteiger partial charge in [-0.05, 0) is 22.9 Å². The van der Waals surface area contributed by atoms with Crippen molar-refractivity contribution in [3.05, 3.63) is 48.8 Å². The Morgan fingerprint density at radius 1 is 1.36 bits per heavy atom. The number of aromatic nitrogens is 6. The largest absolute Gasteiger partial charge is 0.360 e. The van der Waals surface area contributed by atoms with Crippen LogP contribution in [0.3, 0.4) is 0 Å². The topological polar surface area (TPSA) is 108 Å². The molecule has 2 N–H and O–H groups in total. The number of hydrogen-bond acceptors (Lipinski definition) is 6. The molecule has 0 amide bonds. The quantitative estimate of drug-likeness (QED) is 0.707. The lowest BCUT2D eigenvalue weighted by molar-refractivity contribution is 0.881. The maximum Gasteiger partial charge on any atom is 0.216 e. The summed E-state index contributed by atoms with van der Waals surface area (Å²) in [7, 11) is 1.95. The third-order valence-electron chi connectivity index (χ3n) is 3.09. The number of rotatable bonds is 4. The van der Waals surface area contributed by atoms with E-state index in [1.54, 1.807) is 12.5 Å². The highest BCUT2D eigenvalue weighted by molar-refractivity contribution is 5.74. The molecule has 2 heterocycles. The first-order valence-corrected chi connectivity index (χ1v) is 6.45. The summed E-state index contributed by atoms with van der Waals surface area (Å²) >= 11 is 0. The highest BCUT2D eigenvalue weighted by Gasteiger charge is 2.05. The monoisotopic (exact) mass is 292 g/mol. The maximum atomic E-state index is 9.09. The Morgan fingerprint density at radius 2 is 2.18 bits per heavy atom. The second kappa shape index (κ2) is 5.88. The van der Waals surface area contributed by atoms with Crippen LogP contribution in [-0.2, 0) is 7.05 Å². The molecule has 2 aromatic heterocycles. The SMILES string of the molecule is Cn1cncc1-c1ccc(NC=C(C#N)c2nn[nH]n2)cc1. The first-order valence-electron chi connectivity index (χ1n) is 6.45. The van der Waals surface area contributed by atoms with Crippen LogP contribution in [-0.4, -0.2) is 30.2 Å². The molecular weight excluding hydrogens is 280 g/mol. The molecule has 0 radical (unpaired) electrons. The summed E-state index contributed by atoms with van der Waals surface area (Å²) in [4.78, 5) is 4.10. The number of nitriles is 1. The van der Waals surface area contributed by atoms with E-state index in [1.165, 1.54) is 0 Å². The minimum Gasteiger partial charge on any atom is -0.360 e.